The van der Waals surface area contributed by atoms with Crippen molar-refractivity contribution in [3.63, 3.8) is 0 Å². The van der Waals surface area contributed by atoms with Gasteiger partial charge in [-0.1, -0.05) is 0 Å². The van der Waals surface area contributed by atoms with Gasteiger partial charge >= 0.3 is 6.03 Å². The largest absolute Gasteiger partial charge is 0.351 e. The van der Waals surface area contributed by atoms with E-state index in [4.69, 9.17) is 11.5 Å². The van der Waals surface area contributed by atoms with E-state index < -0.39 is 6.03 Å². The molecule has 0 aliphatic heterocycles. The maximum atomic E-state index is 11.0. The standard InChI is InChI=1S/C7H13N5O/c8-2-1-3-12(7(9)13)6-4-10-11-5-6/h4-5H,1-3,8H2,(H2,9,13)(H,10,11). The Bertz CT molecular complexity index is 258. The van der Waals surface area contributed by atoms with Crippen molar-refractivity contribution in [2.45, 2.75) is 6.42 Å². The second-order valence-electron chi connectivity index (χ2n) is 2.59. The van der Waals surface area contributed by atoms with Gasteiger partial charge in [0.15, 0.2) is 0 Å². The Labute approximate surface area is 75.9 Å². The van der Waals surface area contributed by atoms with Gasteiger partial charge in [0.05, 0.1) is 11.9 Å². The number of H-pyrrole nitrogens is 1. The summed E-state index contributed by atoms with van der Waals surface area (Å²) in [6, 6.07) is -0.491. The molecule has 0 fully saturated rings. The smallest absolute Gasteiger partial charge is 0.319 e. The molecule has 1 aromatic heterocycles. The van der Waals surface area contributed by atoms with Crippen LogP contribution in [-0.4, -0.2) is 29.3 Å². The van der Waals surface area contributed by atoms with Crippen molar-refractivity contribution in [1.29, 1.82) is 0 Å². The number of rotatable bonds is 4. The highest BCUT2D eigenvalue weighted by atomic mass is 16.2. The van der Waals surface area contributed by atoms with Gasteiger partial charge in [-0.3, -0.25) is 10.00 Å². The number of aromatic nitrogens is 2. The number of hydrogen-bond donors (Lipinski definition) is 3. The third kappa shape index (κ3) is 2.45. The second kappa shape index (κ2) is 4.46. The summed E-state index contributed by atoms with van der Waals surface area (Å²) in [6.07, 6.45) is 3.87. The van der Waals surface area contributed by atoms with Crippen molar-refractivity contribution in [3.05, 3.63) is 12.4 Å². The van der Waals surface area contributed by atoms with Gasteiger partial charge in [-0.15, -0.1) is 0 Å². The van der Waals surface area contributed by atoms with Crippen molar-refractivity contribution in [3.8, 4) is 0 Å². The Morgan fingerprint density at radius 1 is 1.69 bits per heavy atom. The third-order valence-electron chi connectivity index (χ3n) is 1.65. The predicted molar refractivity (Wildman–Crippen MR) is 49.2 cm³/mol. The molecule has 1 rings (SSSR count). The monoisotopic (exact) mass is 183 g/mol. The van der Waals surface area contributed by atoms with E-state index in [1.807, 2.05) is 0 Å². The molecule has 0 bridgehead atoms. The first-order valence-corrected chi connectivity index (χ1v) is 4.01. The fourth-order valence-electron chi connectivity index (χ4n) is 1.01. The van der Waals surface area contributed by atoms with Crippen molar-refractivity contribution < 1.29 is 4.79 Å². The number of aromatic amines is 1. The number of carbonyl (C=O) groups is 1. The predicted octanol–water partition coefficient (Wildman–Crippen LogP) is -0.356. The molecule has 0 saturated heterocycles. The Hall–Kier alpha value is -1.56. The molecule has 13 heavy (non-hydrogen) atoms. The lowest BCUT2D eigenvalue weighted by Gasteiger charge is -2.17. The Balaban J connectivity index is 2.63. The van der Waals surface area contributed by atoms with Crippen molar-refractivity contribution in [2.75, 3.05) is 18.0 Å². The van der Waals surface area contributed by atoms with E-state index in [0.717, 1.165) is 0 Å². The first-order valence-electron chi connectivity index (χ1n) is 4.01. The summed E-state index contributed by atoms with van der Waals surface area (Å²) in [5.41, 5.74) is 11.2. The van der Waals surface area contributed by atoms with E-state index in [0.29, 0.717) is 25.2 Å². The zero-order valence-electron chi connectivity index (χ0n) is 7.23. The summed E-state index contributed by atoms with van der Waals surface area (Å²) in [5.74, 6) is 0. The molecule has 0 saturated carbocycles. The normalized spacial score (nSPS) is 9.92. The first-order chi connectivity index (χ1) is 6.25. The van der Waals surface area contributed by atoms with Crippen LogP contribution in [0.2, 0.25) is 0 Å². The molecular formula is C7H13N5O. The fraction of sp³-hybridized carbons (Fsp3) is 0.429. The van der Waals surface area contributed by atoms with Gasteiger partial charge in [0.25, 0.3) is 0 Å². The molecule has 1 aromatic rings. The molecule has 0 spiro atoms. The zero-order chi connectivity index (χ0) is 9.68. The quantitative estimate of drug-likeness (QED) is 0.594. The minimum absolute atomic E-state index is 0.491. The molecule has 0 atom stereocenters. The van der Waals surface area contributed by atoms with Crippen molar-refractivity contribution >= 4 is 11.7 Å². The fourth-order valence-corrected chi connectivity index (χ4v) is 1.01. The van der Waals surface area contributed by atoms with E-state index >= 15 is 0 Å². The van der Waals surface area contributed by atoms with Gasteiger partial charge in [0.1, 0.15) is 0 Å². The SMILES string of the molecule is NCCCN(C(N)=O)c1cn[nH]c1. The topological polar surface area (TPSA) is 101 Å². The van der Waals surface area contributed by atoms with E-state index in [1.54, 1.807) is 12.4 Å². The summed E-state index contributed by atoms with van der Waals surface area (Å²) in [6.45, 7) is 1.05. The molecule has 0 unspecified atom stereocenters. The summed E-state index contributed by atoms with van der Waals surface area (Å²) in [5, 5.41) is 6.34. The summed E-state index contributed by atoms with van der Waals surface area (Å²) >= 11 is 0. The molecular weight excluding hydrogens is 170 g/mol. The number of nitrogens with two attached hydrogens (primary N) is 2. The number of primary amides is 1. The van der Waals surface area contributed by atoms with Crippen molar-refractivity contribution in [2.24, 2.45) is 11.5 Å². The van der Waals surface area contributed by atoms with Crippen LogP contribution in [0.25, 0.3) is 0 Å². The average molecular weight is 183 g/mol. The maximum absolute atomic E-state index is 11.0. The lowest BCUT2D eigenvalue weighted by atomic mass is 10.3. The van der Waals surface area contributed by atoms with Gasteiger partial charge in [0, 0.05) is 12.7 Å². The van der Waals surface area contributed by atoms with Crippen LogP contribution in [0.15, 0.2) is 12.4 Å². The summed E-state index contributed by atoms with van der Waals surface area (Å²) in [4.78, 5) is 12.4. The van der Waals surface area contributed by atoms with E-state index in [9.17, 15) is 4.79 Å². The van der Waals surface area contributed by atoms with Gasteiger partial charge in [-0.25, -0.2) is 4.79 Å². The van der Waals surface area contributed by atoms with Gasteiger partial charge in [-0.05, 0) is 13.0 Å². The average Bonchev–Trinajstić information content (AvgIpc) is 2.57. The minimum atomic E-state index is -0.491. The second-order valence-corrected chi connectivity index (χ2v) is 2.59. The Morgan fingerprint density at radius 3 is 2.92 bits per heavy atom. The van der Waals surface area contributed by atoms with Crippen LogP contribution in [0.1, 0.15) is 6.42 Å². The molecule has 72 valence electrons. The summed E-state index contributed by atoms with van der Waals surface area (Å²) < 4.78 is 0. The third-order valence-corrected chi connectivity index (χ3v) is 1.65. The number of urea groups is 1. The minimum Gasteiger partial charge on any atom is -0.351 e. The number of nitrogens with zero attached hydrogens (tertiary/aromatic N) is 2. The van der Waals surface area contributed by atoms with E-state index in [2.05, 4.69) is 10.2 Å². The van der Waals surface area contributed by atoms with Crippen LogP contribution in [0.4, 0.5) is 10.5 Å². The molecule has 2 amide bonds. The molecule has 0 aliphatic rings. The molecule has 0 aliphatic carbocycles. The van der Waals surface area contributed by atoms with Crippen LogP contribution in [0.5, 0.6) is 0 Å². The van der Waals surface area contributed by atoms with Gasteiger partial charge in [-0.2, -0.15) is 5.10 Å². The molecule has 6 heteroatoms. The molecule has 0 aromatic carbocycles. The van der Waals surface area contributed by atoms with E-state index in [-0.39, 0.29) is 0 Å². The maximum Gasteiger partial charge on any atom is 0.319 e. The Morgan fingerprint density at radius 2 is 2.46 bits per heavy atom. The van der Waals surface area contributed by atoms with Crippen LogP contribution in [0.3, 0.4) is 0 Å². The number of carbonyl (C=O) groups excluding carboxylic acids is 1. The number of nitrogens with one attached hydrogen (secondary N) is 1. The van der Waals surface area contributed by atoms with Crippen LogP contribution < -0.4 is 16.4 Å². The number of hydrogen-bond acceptors (Lipinski definition) is 3. The number of amides is 2. The van der Waals surface area contributed by atoms with Gasteiger partial charge in [0.2, 0.25) is 0 Å². The highest BCUT2D eigenvalue weighted by Crippen LogP contribution is 2.10. The molecule has 6 nitrogen and oxygen atoms in total. The lowest BCUT2D eigenvalue weighted by molar-refractivity contribution is 0.254. The highest BCUT2D eigenvalue weighted by Gasteiger charge is 2.11. The van der Waals surface area contributed by atoms with Gasteiger partial charge < -0.3 is 11.5 Å². The molecule has 1 heterocycles. The van der Waals surface area contributed by atoms with Crippen LogP contribution in [0, 0.1) is 0 Å². The summed E-state index contributed by atoms with van der Waals surface area (Å²) in [7, 11) is 0. The highest BCUT2D eigenvalue weighted by molar-refractivity contribution is 5.90. The Kier molecular flexibility index (Phi) is 3.27. The van der Waals surface area contributed by atoms with E-state index in [1.165, 1.54) is 4.90 Å². The number of anilines is 1. The zero-order valence-corrected chi connectivity index (χ0v) is 7.23. The molecule has 5 N–H and O–H groups in total. The first kappa shape index (κ1) is 9.53. The lowest BCUT2D eigenvalue weighted by Crippen LogP contribution is -2.37. The van der Waals surface area contributed by atoms with Crippen LogP contribution in [-0.2, 0) is 0 Å². The molecule has 0 radical (unpaired) electrons. The van der Waals surface area contributed by atoms with Crippen LogP contribution >= 0.6 is 0 Å². The van der Waals surface area contributed by atoms with Crippen molar-refractivity contribution in [1.82, 2.24) is 10.2 Å².